The molecule has 0 spiro atoms. The molecule has 1 heterocycles. The fourth-order valence-electron chi connectivity index (χ4n) is 1.75. The topological polar surface area (TPSA) is 54.0 Å². The van der Waals surface area contributed by atoms with Crippen LogP contribution in [0.4, 0.5) is 5.82 Å². The molecular weight excluding hydrogens is 270 g/mol. The predicted octanol–water partition coefficient (Wildman–Crippen LogP) is 2.83. The summed E-state index contributed by atoms with van der Waals surface area (Å²) < 4.78 is 0. The predicted molar refractivity (Wildman–Crippen MR) is 83.8 cm³/mol. The zero-order valence-corrected chi connectivity index (χ0v) is 12.1. The van der Waals surface area contributed by atoms with Gasteiger partial charge in [0.05, 0.1) is 0 Å². The van der Waals surface area contributed by atoms with Crippen LogP contribution in [0.3, 0.4) is 0 Å². The third-order valence-corrected chi connectivity index (χ3v) is 3.06. The molecule has 0 aliphatic rings. The summed E-state index contributed by atoms with van der Waals surface area (Å²) in [6.45, 7) is 3.80. The number of aromatic nitrogens is 1. The third-order valence-electron chi connectivity index (χ3n) is 2.86. The summed E-state index contributed by atoms with van der Waals surface area (Å²) in [5, 5.41) is 5.81. The fourth-order valence-corrected chi connectivity index (χ4v) is 1.94. The lowest BCUT2D eigenvalue weighted by Crippen LogP contribution is -2.34. The standard InChI is InChI=1S/C15H15N3OS/c1-10-6-3-4-8-12(10)14(19)18-15(20)17-13-11(2)7-5-9-16-13/h3-9H,1-2H3,(H2,16,17,18,19,20). The number of rotatable bonds is 2. The molecule has 1 aromatic heterocycles. The molecule has 0 fully saturated rings. The number of nitrogens with one attached hydrogen (secondary N) is 2. The number of hydrogen-bond donors (Lipinski definition) is 2. The van der Waals surface area contributed by atoms with Gasteiger partial charge in [0.25, 0.3) is 5.91 Å². The van der Waals surface area contributed by atoms with Gasteiger partial charge in [-0.3, -0.25) is 10.1 Å². The molecule has 0 unspecified atom stereocenters. The lowest BCUT2D eigenvalue weighted by atomic mass is 10.1. The van der Waals surface area contributed by atoms with Crippen LogP contribution in [0.1, 0.15) is 21.5 Å². The van der Waals surface area contributed by atoms with Crippen molar-refractivity contribution in [2.75, 3.05) is 5.32 Å². The van der Waals surface area contributed by atoms with Gasteiger partial charge in [0, 0.05) is 11.8 Å². The first-order valence-corrected chi connectivity index (χ1v) is 6.58. The van der Waals surface area contributed by atoms with E-state index in [1.54, 1.807) is 12.3 Å². The summed E-state index contributed by atoms with van der Waals surface area (Å²) in [5.74, 6) is 0.414. The molecule has 0 aliphatic carbocycles. The minimum Gasteiger partial charge on any atom is -0.317 e. The van der Waals surface area contributed by atoms with E-state index in [-0.39, 0.29) is 11.0 Å². The highest BCUT2D eigenvalue weighted by molar-refractivity contribution is 7.80. The van der Waals surface area contributed by atoms with Crippen LogP contribution in [0, 0.1) is 13.8 Å². The summed E-state index contributed by atoms with van der Waals surface area (Å²) in [4.78, 5) is 16.3. The number of nitrogens with zero attached hydrogens (tertiary/aromatic N) is 1. The molecule has 4 nitrogen and oxygen atoms in total. The Balaban J connectivity index is 2.04. The highest BCUT2D eigenvalue weighted by Crippen LogP contribution is 2.09. The van der Waals surface area contributed by atoms with Crippen molar-refractivity contribution in [1.82, 2.24) is 10.3 Å². The monoisotopic (exact) mass is 285 g/mol. The third kappa shape index (κ3) is 3.39. The highest BCUT2D eigenvalue weighted by atomic mass is 32.1. The lowest BCUT2D eigenvalue weighted by Gasteiger charge is -2.11. The minimum atomic E-state index is -0.228. The molecule has 0 radical (unpaired) electrons. The van der Waals surface area contributed by atoms with Crippen LogP contribution in [0.25, 0.3) is 0 Å². The number of carbonyl (C=O) groups excluding carboxylic acids is 1. The fraction of sp³-hybridized carbons (Fsp3) is 0.133. The van der Waals surface area contributed by atoms with Crippen molar-refractivity contribution in [2.45, 2.75) is 13.8 Å². The summed E-state index contributed by atoms with van der Waals surface area (Å²) in [6, 6.07) is 11.1. The molecule has 0 aliphatic heterocycles. The van der Waals surface area contributed by atoms with Crippen molar-refractivity contribution >= 4 is 29.1 Å². The molecule has 2 aromatic rings. The Morgan fingerprint density at radius 1 is 1.10 bits per heavy atom. The number of pyridine rings is 1. The number of aryl methyl sites for hydroxylation is 2. The van der Waals surface area contributed by atoms with Crippen molar-refractivity contribution in [2.24, 2.45) is 0 Å². The van der Waals surface area contributed by atoms with Crippen molar-refractivity contribution in [3.8, 4) is 0 Å². The van der Waals surface area contributed by atoms with E-state index in [0.717, 1.165) is 11.1 Å². The summed E-state index contributed by atoms with van der Waals surface area (Å²) in [5.41, 5.74) is 2.47. The first-order valence-electron chi connectivity index (χ1n) is 6.17. The van der Waals surface area contributed by atoms with Gasteiger partial charge in [-0.1, -0.05) is 24.3 Å². The molecular formula is C15H15N3OS. The Morgan fingerprint density at radius 2 is 1.80 bits per heavy atom. The SMILES string of the molecule is Cc1ccccc1C(=O)NC(=S)Nc1ncccc1C. The molecule has 0 saturated heterocycles. The number of benzene rings is 1. The van der Waals surface area contributed by atoms with E-state index in [9.17, 15) is 4.79 Å². The van der Waals surface area contributed by atoms with Crippen LogP contribution >= 0.6 is 12.2 Å². The maximum absolute atomic E-state index is 12.1. The van der Waals surface area contributed by atoms with Crippen LogP contribution in [0.2, 0.25) is 0 Å². The van der Waals surface area contributed by atoms with Gasteiger partial charge in [-0.05, 0) is 49.3 Å². The minimum absolute atomic E-state index is 0.228. The lowest BCUT2D eigenvalue weighted by molar-refractivity contribution is 0.0977. The summed E-state index contributed by atoms with van der Waals surface area (Å²) in [7, 11) is 0. The smallest absolute Gasteiger partial charge is 0.257 e. The van der Waals surface area contributed by atoms with E-state index in [1.165, 1.54) is 0 Å². The van der Waals surface area contributed by atoms with Gasteiger partial charge >= 0.3 is 0 Å². The Hall–Kier alpha value is -2.27. The molecule has 0 atom stereocenters. The molecule has 1 amide bonds. The molecule has 2 rings (SSSR count). The van der Waals surface area contributed by atoms with Crippen LogP contribution in [0.5, 0.6) is 0 Å². The van der Waals surface area contributed by atoms with Crippen LogP contribution in [0.15, 0.2) is 42.6 Å². The quantitative estimate of drug-likeness (QED) is 0.833. The zero-order chi connectivity index (χ0) is 14.5. The molecule has 1 aromatic carbocycles. The summed E-state index contributed by atoms with van der Waals surface area (Å²) in [6.07, 6.45) is 1.67. The molecule has 2 N–H and O–H groups in total. The number of amides is 1. The molecule has 102 valence electrons. The Kier molecular flexibility index (Phi) is 4.42. The van der Waals surface area contributed by atoms with E-state index in [2.05, 4.69) is 15.6 Å². The Labute approximate surface area is 123 Å². The zero-order valence-electron chi connectivity index (χ0n) is 11.3. The summed E-state index contributed by atoms with van der Waals surface area (Å²) >= 11 is 5.13. The van der Waals surface area contributed by atoms with Crippen LogP contribution in [-0.2, 0) is 0 Å². The van der Waals surface area contributed by atoms with Gasteiger partial charge in [0.1, 0.15) is 5.82 Å². The highest BCUT2D eigenvalue weighted by Gasteiger charge is 2.10. The molecule has 5 heteroatoms. The second kappa shape index (κ2) is 6.25. The van der Waals surface area contributed by atoms with Gasteiger partial charge in [-0.15, -0.1) is 0 Å². The van der Waals surface area contributed by atoms with Gasteiger partial charge in [0.15, 0.2) is 5.11 Å². The number of thiocarbonyl (C=S) groups is 1. The largest absolute Gasteiger partial charge is 0.317 e. The van der Waals surface area contributed by atoms with Crippen molar-refractivity contribution in [3.05, 3.63) is 59.3 Å². The molecule has 20 heavy (non-hydrogen) atoms. The van der Waals surface area contributed by atoms with Gasteiger partial charge in [-0.2, -0.15) is 0 Å². The van der Waals surface area contributed by atoms with Gasteiger partial charge < -0.3 is 5.32 Å². The normalized spacial score (nSPS) is 9.90. The Morgan fingerprint density at radius 3 is 2.50 bits per heavy atom. The van der Waals surface area contributed by atoms with E-state index in [1.807, 2.05) is 44.2 Å². The van der Waals surface area contributed by atoms with Crippen molar-refractivity contribution in [3.63, 3.8) is 0 Å². The average Bonchev–Trinajstić information content (AvgIpc) is 2.41. The first-order chi connectivity index (χ1) is 9.58. The van der Waals surface area contributed by atoms with Crippen LogP contribution in [-0.4, -0.2) is 16.0 Å². The van der Waals surface area contributed by atoms with Crippen LogP contribution < -0.4 is 10.6 Å². The van der Waals surface area contributed by atoms with Gasteiger partial charge in [0.2, 0.25) is 0 Å². The second-order valence-corrected chi connectivity index (χ2v) is 4.80. The van der Waals surface area contributed by atoms with Crippen molar-refractivity contribution in [1.29, 1.82) is 0 Å². The molecule has 0 saturated carbocycles. The number of hydrogen-bond acceptors (Lipinski definition) is 3. The van der Waals surface area contributed by atoms with E-state index in [4.69, 9.17) is 12.2 Å². The van der Waals surface area contributed by atoms with E-state index < -0.39 is 0 Å². The Bertz CT molecular complexity index is 655. The number of carbonyl (C=O) groups is 1. The number of anilines is 1. The van der Waals surface area contributed by atoms with E-state index >= 15 is 0 Å². The maximum atomic E-state index is 12.1. The van der Waals surface area contributed by atoms with E-state index in [0.29, 0.717) is 11.4 Å². The molecule has 0 bridgehead atoms. The maximum Gasteiger partial charge on any atom is 0.257 e. The average molecular weight is 285 g/mol. The van der Waals surface area contributed by atoms with Gasteiger partial charge in [-0.25, -0.2) is 4.98 Å². The second-order valence-electron chi connectivity index (χ2n) is 4.39. The van der Waals surface area contributed by atoms with Crippen molar-refractivity contribution < 1.29 is 4.79 Å². The first kappa shape index (κ1) is 14.1.